The van der Waals surface area contributed by atoms with Crippen LogP contribution in [0, 0.1) is 0 Å². The number of ketones is 1. The molecule has 0 fully saturated rings. The maximum Gasteiger partial charge on any atom is 0.186 e. The lowest BCUT2D eigenvalue weighted by atomic mass is 10.1. The Morgan fingerprint density at radius 1 is 0.750 bits per heavy atom. The SMILES string of the molecule is O=C1C=Cc2cc(N3c4ccccc4Oc4ccccc43)ccc21. The Labute approximate surface area is 139 Å². The third-order valence-corrected chi connectivity index (χ3v) is 4.41. The van der Waals surface area contributed by atoms with Gasteiger partial charge in [-0.05, 0) is 54.1 Å². The van der Waals surface area contributed by atoms with Crippen molar-refractivity contribution < 1.29 is 9.53 Å². The average Bonchev–Trinajstić information content (AvgIpc) is 3.00. The van der Waals surface area contributed by atoms with Crippen LogP contribution in [0.1, 0.15) is 15.9 Å². The van der Waals surface area contributed by atoms with Crippen molar-refractivity contribution in [1.82, 2.24) is 0 Å². The molecule has 0 bridgehead atoms. The highest BCUT2D eigenvalue weighted by atomic mass is 16.5. The molecule has 2 aliphatic rings. The Hall–Kier alpha value is -3.33. The number of benzene rings is 3. The van der Waals surface area contributed by atoms with Gasteiger partial charge in [0.25, 0.3) is 0 Å². The minimum atomic E-state index is 0.0688. The van der Waals surface area contributed by atoms with E-state index < -0.39 is 0 Å². The zero-order valence-electron chi connectivity index (χ0n) is 12.8. The van der Waals surface area contributed by atoms with Crippen molar-refractivity contribution in [2.45, 2.75) is 0 Å². The van der Waals surface area contributed by atoms with Gasteiger partial charge in [-0.25, -0.2) is 0 Å². The molecule has 0 aromatic heterocycles. The first-order valence-corrected chi connectivity index (χ1v) is 7.84. The molecule has 0 amide bonds. The normalized spacial score (nSPS) is 14.0. The Morgan fingerprint density at radius 2 is 1.42 bits per heavy atom. The topological polar surface area (TPSA) is 29.5 Å². The Kier molecular flexibility index (Phi) is 2.65. The molecule has 1 aliphatic carbocycles. The van der Waals surface area contributed by atoms with Crippen LogP contribution in [0.25, 0.3) is 6.08 Å². The molecule has 0 saturated carbocycles. The summed E-state index contributed by atoms with van der Waals surface area (Å²) in [5.74, 6) is 1.71. The van der Waals surface area contributed by atoms with Crippen molar-refractivity contribution in [2.75, 3.05) is 4.90 Å². The number of hydrogen-bond donors (Lipinski definition) is 0. The first-order valence-electron chi connectivity index (χ1n) is 7.84. The van der Waals surface area contributed by atoms with Crippen LogP contribution in [0.2, 0.25) is 0 Å². The van der Waals surface area contributed by atoms with E-state index in [9.17, 15) is 4.79 Å². The van der Waals surface area contributed by atoms with Crippen molar-refractivity contribution in [3.05, 3.63) is 83.9 Å². The Morgan fingerprint density at radius 3 is 2.12 bits per heavy atom. The summed E-state index contributed by atoms with van der Waals surface area (Å²) in [5, 5.41) is 0. The predicted octanol–water partition coefficient (Wildman–Crippen LogP) is 5.47. The molecule has 3 nitrogen and oxygen atoms in total. The van der Waals surface area contributed by atoms with Crippen molar-refractivity contribution >= 4 is 28.9 Å². The van der Waals surface area contributed by atoms with Gasteiger partial charge in [-0.3, -0.25) is 4.79 Å². The van der Waals surface area contributed by atoms with Crippen molar-refractivity contribution in [1.29, 1.82) is 0 Å². The maximum atomic E-state index is 11.8. The number of carbonyl (C=O) groups is 1. The molecule has 0 saturated heterocycles. The lowest BCUT2D eigenvalue weighted by Gasteiger charge is -2.32. The van der Waals surface area contributed by atoms with E-state index in [1.807, 2.05) is 66.7 Å². The minimum Gasteiger partial charge on any atom is -0.453 e. The fraction of sp³-hybridized carbons (Fsp3) is 0. The third kappa shape index (κ3) is 1.82. The van der Waals surface area contributed by atoms with Gasteiger partial charge in [0.15, 0.2) is 17.3 Å². The van der Waals surface area contributed by atoms with Crippen molar-refractivity contribution in [3.8, 4) is 11.5 Å². The van der Waals surface area contributed by atoms with E-state index >= 15 is 0 Å². The van der Waals surface area contributed by atoms with Gasteiger partial charge < -0.3 is 9.64 Å². The average molecular weight is 311 g/mol. The van der Waals surface area contributed by atoms with E-state index in [2.05, 4.69) is 11.0 Å². The second kappa shape index (κ2) is 4.83. The fourth-order valence-electron chi connectivity index (χ4n) is 3.29. The van der Waals surface area contributed by atoms with Gasteiger partial charge in [0.2, 0.25) is 0 Å². The number of carbonyl (C=O) groups excluding carboxylic acids is 1. The standard InChI is InChI=1S/C21H13NO2/c23-19-12-9-14-13-15(10-11-16(14)19)22-17-5-1-3-7-20(17)24-21-8-4-2-6-18(21)22/h1-13H. The molecular weight excluding hydrogens is 298 g/mol. The molecule has 3 aromatic rings. The predicted molar refractivity (Wildman–Crippen MR) is 94.6 cm³/mol. The monoisotopic (exact) mass is 311 g/mol. The van der Waals surface area contributed by atoms with E-state index in [-0.39, 0.29) is 5.78 Å². The first kappa shape index (κ1) is 13.1. The molecule has 0 atom stereocenters. The van der Waals surface area contributed by atoms with Crippen LogP contribution in [0.3, 0.4) is 0 Å². The van der Waals surface area contributed by atoms with Crippen LogP contribution in [-0.2, 0) is 0 Å². The second-order valence-corrected chi connectivity index (χ2v) is 5.84. The molecule has 3 heteroatoms. The van der Waals surface area contributed by atoms with Crippen molar-refractivity contribution in [2.24, 2.45) is 0 Å². The van der Waals surface area contributed by atoms with Crippen molar-refractivity contribution in [3.63, 3.8) is 0 Å². The molecule has 0 spiro atoms. The van der Waals surface area contributed by atoms with Gasteiger partial charge in [-0.15, -0.1) is 0 Å². The van der Waals surface area contributed by atoms with Gasteiger partial charge in [-0.1, -0.05) is 30.3 Å². The summed E-state index contributed by atoms with van der Waals surface area (Å²) in [4.78, 5) is 14.0. The van der Waals surface area contributed by atoms with E-state index in [0.29, 0.717) is 0 Å². The highest BCUT2D eigenvalue weighted by Crippen LogP contribution is 2.50. The molecule has 24 heavy (non-hydrogen) atoms. The van der Waals surface area contributed by atoms with Gasteiger partial charge in [0.05, 0.1) is 11.4 Å². The minimum absolute atomic E-state index is 0.0688. The van der Waals surface area contributed by atoms with Gasteiger partial charge in [0.1, 0.15) is 0 Å². The van der Waals surface area contributed by atoms with E-state index in [1.165, 1.54) is 0 Å². The van der Waals surface area contributed by atoms with Gasteiger partial charge in [0, 0.05) is 11.3 Å². The summed E-state index contributed by atoms with van der Waals surface area (Å²) in [6.07, 6.45) is 3.50. The quantitative estimate of drug-likeness (QED) is 0.467. The molecule has 5 rings (SSSR count). The molecule has 0 radical (unpaired) electrons. The number of nitrogens with zero attached hydrogens (tertiary/aromatic N) is 1. The number of para-hydroxylation sites is 4. The van der Waals surface area contributed by atoms with E-state index in [0.717, 1.165) is 39.7 Å². The number of anilines is 3. The number of rotatable bonds is 1. The Balaban J connectivity index is 1.74. The van der Waals surface area contributed by atoms with Crippen LogP contribution in [0.5, 0.6) is 11.5 Å². The molecule has 0 N–H and O–H groups in total. The van der Waals surface area contributed by atoms with Crippen LogP contribution < -0.4 is 9.64 Å². The van der Waals surface area contributed by atoms with Crippen LogP contribution in [0.15, 0.2) is 72.8 Å². The maximum absolute atomic E-state index is 11.8. The molecule has 3 aromatic carbocycles. The molecule has 114 valence electrons. The van der Waals surface area contributed by atoms with Gasteiger partial charge >= 0.3 is 0 Å². The Bertz CT molecular complexity index is 974. The highest BCUT2D eigenvalue weighted by molar-refractivity contribution is 6.14. The lowest BCUT2D eigenvalue weighted by Crippen LogP contribution is -2.15. The summed E-state index contributed by atoms with van der Waals surface area (Å²) in [6, 6.07) is 21.9. The largest absolute Gasteiger partial charge is 0.453 e. The summed E-state index contributed by atoms with van der Waals surface area (Å²) < 4.78 is 6.03. The smallest absolute Gasteiger partial charge is 0.186 e. The molecular formula is C21H13NO2. The number of hydrogen-bond acceptors (Lipinski definition) is 3. The van der Waals surface area contributed by atoms with Gasteiger partial charge in [-0.2, -0.15) is 0 Å². The molecule has 1 heterocycles. The zero-order valence-corrected chi connectivity index (χ0v) is 12.8. The zero-order chi connectivity index (χ0) is 16.1. The summed E-state index contributed by atoms with van der Waals surface area (Å²) in [6.45, 7) is 0. The number of ether oxygens (including phenoxy) is 1. The number of allylic oxidation sites excluding steroid dienone is 1. The second-order valence-electron chi connectivity index (χ2n) is 5.84. The van der Waals surface area contributed by atoms with E-state index in [1.54, 1.807) is 6.08 Å². The number of fused-ring (bicyclic) bond motifs is 3. The highest BCUT2D eigenvalue weighted by Gasteiger charge is 2.26. The van der Waals surface area contributed by atoms with Crippen LogP contribution in [-0.4, -0.2) is 5.78 Å². The fourth-order valence-corrected chi connectivity index (χ4v) is 3.29. The van der Waals surface area contributed by atoms with Crippen LogP contribution >= 0.6 is 0 Å². The van der Waals surface area contributed by atoms with Crippen LogP contribution in [0.4, 0.5) is 17.1 Å². The summed E-state index contributed by atoms with van der Waals surface area (Å²) >= 11 is 0. The molecule has 0 unspecified atom stereocenters. The van der Waals surface area contributed by atoms with E-state index in [4.69, 9.17) is 4.74 Å². The molecule has 1 aliphatic heterocycles. The third-order valence-electron chi connectivity index (χ3n) is 4.41. The first-order chi connectivity index (χ1) is 11.8. The lowest BCUT2D eigenvalue weighted by molar-refractivity contribution is 0.105. The summed E-state index contributed by atoms with van der Waals surface area (Å²) in [5.41, 5.74) is 4.71. The summed E-state index contributed by atoms with van der Waals surface area (Å²) in [7, 11) is 0.